The van der Waals surface area contributed by atoms with Crippen LogP contribution in [-0.4, -0.2) is 22.1 Å². The predicted molar refractivity (Wildman–Crippen MR) is 87.5 cm³/mol. The van der Waals surface area contributed by atoms with Crippen molar-refractivity contribution in [2.45, 2.75) is 13.3 Å². The Morgan fingerprint density at radius 2 is 2.19 bits per heavy atom. The molecule has 0 amide bonds. The molecule has 3 aromatic rings. The number of hydrogen-bond donors (Lipinski definition) is 1. The van der Waals surface area contributed by atoms with Crippen molar-refractivity contribution in [2.24, 2.45) is 4.99 Å². The summed E-state index contributed by atoms with van der Waals surface area (Å²) >= 11 is 2.73. The summed E-state index contributed by atoms with van der Waals surface area (Å²) in [5, 5.41) is 11.5. The molecule has 0 fully saturated rings. The lowest BCUT2D eigenvalue weighted by atomic mass is 10.2. The summed E-state index contributed by atoms with van der Waals surface area (Å²) in [6.45, 7) is 1.82. The van der Waals surface area contributed by atoms with E-state index in [0.717, 1.165) is 10.1 Å². The van der Waals surface area contributed by atoms with Crippen molar-refractivity contribution < 1.29 is 9.90 Å². The molecule has 0 saturated carbocycles. The Kier molecular flexibility index (Phi) is 3.81. The third-order valence-electron chi connectivity index (χ3n) is 2.98. The first-order valence-corrected chi connectivity index (χ1v) is 8.06. The molecule has 6 heteroatoms. The van der Waals surface area contributed by atoms with Gasteiger partial charge >= 0.3 is 0 Å². The van der Waals surface area contributed by atoms with Crippen LogP contribution in [0.2, 0.25) is 0 Å². The monoisotopic (exact) mass is 316 g/mol. The summed E-state index contributed by atoms with van der Waals surface area (Å²) in [6, 6.07) is 7.65. The quantitative estimate of drug-likeness (QED) is 0.573. The van der Waals surface area contributed by atoms with E-state index in [0.29, 0.717) is 21.3 Å². The Hall–Kier alpha value is -2.05. The van der Waals surface area contributed by atoms with Crippen molar-refractivity contribution in [2.75, 3.05) is 0 Å². The average molecular weight is 316 g/mol. The summed E-state index contributed by atoms with van der Waals surface area (Å²) in [4.78, 5) is 21.2. The largest absolute Gasteiger partial charge is 0.506 e. The van der Waals surface area contributed by atoms with Crippen LogP contribution in [0.3, 0.4) is 0 Å². The molecule has 0 unspecified atom stereocenters. The Balaban J connectivity index is 1.89. The molecule has 1 aromatic carbocycles. The van der Waals surface area contributed by atoms with E-state index >= 15 is 0 Å². The topological polar surface area (TPSA) is 62.5 Å². The molecule has 0 aliphatic rings. The third kappa shape index (κ3) is 2.72. The molecule has 2 aromatic heterocycles. The van der Waals surface area contributed by atoms with Gasteiger partial charge in [-0.2, -0.15) is 0 Å². The summed E-state index contributed by atoms with van der Waals surface area (Å²) in [5.41, 5.74) is 0. The van der Waals surface area contributed by atoms with Crippen LogP contribution in [0.1, 0.15) is 27.9 Å². The zero-order valence-corrected chi connectivity index (χ0v) is 12.9. The number of rotatable bonds is 4. The first-order chi connectivity index (χ1) is 10.2. The van der Waals surface area contributed by atoms with Crippen LogP contribution in [0.15, 0.2) is 35.5 Å². The normalized spacial score (nSPS) is 11.5. The molecule has 0 atom stereocenters. The van der Waals surface area contributed by atoms with Gasteiger partial charge in [-0.1, -0.05) is 30.4 Å². The molecule has 0 radical (unpaired) electrons. The highest BCUT2D eigenvalue weighted by atomic mass is 32.1. The van der Waals surface area contributed by atoms with Crippen molar-refractivity contribution in [3.05, 3.63) is 40.2 Å². The minimum absolute atomic E-state index is 0.0682. The second-order valence-corrected chi connectivity index (χ2v) is 6.45. The second kappa shape index (κ2) is 5.75. The van der Waals surface area contributed by atoms with E-state index in [1.54, 1.807) is 12.4 Å². The van der Waals surface area contributed by atoms with Crippen molar-refractivity contribution in [3.63, 3.8) is 0 Å². The molecule has 4 nitrogen and oxygen atoms in total. The maximum absolute atomic E-state index is 11.6. The minimum Gasteiger partial charge on any atom is -0.506 e. The highest BCUT2D eigenvalue weighted by Crippen LogP contribution is 2.35. The van der Waals surface area contributed by atoms with Crippen molar-refractivity contribution in [3.8, 4) is 5.75 Å². The molecular formula is C15H12N2O2S2. The van der Waals surface area contributed by atoms with E-state index in [-0.39, 0.29) is 11.5 Å². The number of Topliss-reactive ketones (excluding diaryl/α,β-unsaturated/α-hetero) is 1. The van der Waals surface area contributed by atoms with Gasteiger partial charge in [0.1, 0.15) is 5.75 Å². The van der Waals surface area contributed by atoms with Crippen molar-refractivity contribution in [1.29, 1.82) is 0 Å². The molecule has 0 saturated heterocycles. The number of aliphatic imine (C=N–C) groups is 1. The van der Waals surface area contributed by atoms with Gasteiger partial charge in [-0.25, -0.2) is 9.98 Å². The number of thiophene rings is 1. The lowest BCUT2D eigenvalue weighted by molar-refractivity contribution is 0.0992. The highest BCUT2D eigenvalue weighted by Gasteiger charge is 2.10. The van der Waals surface area contributed by atoms with Crippen LogP contribution < -0.4 is 0 Å². The number of aromatic hydroxyl groups is 1. The highest BCUT2D eigenvalue weighted by molar-refractivity contribution is 7.21. The zero-order valence-electron chi connectivity index (χ0n) is 11.2. The van der Waals surface area contributed by atoms with Crippen molar-refractivity contribution in [1.82, 2.24) is 4.98 Å². The Bertz CT molecular complexity index is 833. The lowest BCUT2D eigenvalue weighted by Crippen LogP contribution is -1.90. The van der Waals surface area contributed by atoms with E-state index in [2.05, 4.69) is 9.98 Å². The van der Waals surface area contributed by atoms with Crippen LogP contribution in [0.4, 0.5) is 5.13 Å². The molecule has 0 bridgehead atoms. The minimum atomic E-state index is 0.0682. The molecule has 0 aliphatic heterocycles. The summed E-state index contributed by atoms with van der Waals surface area (Å²) in [6.07, 6.45) is 3.61. The molecule has 2 heterocycles. The number of nitrogens with zero attached hydrogens (tertiary/aromatic N) is 2. The fourth-order valence-corrected chi connectivity index (χ4v) is 3.62. The summed E-state index contributed by atoms with van der Waals surface area (Å²) in [7, 11) is 0. The van der Waals surface area contributed by atoms with E-state index in [9.17, 15) is 9.90 Å². The molecule has 0 aliphatic carbocycles. The maximum atomic E-state index is 11.6. The molecule has 106 valence electrons. The molecule has 21 heavy (non-hydrogen) atoms. The summed E-state index contributed by atoms with van der Waals surface area (Å²) in [5.74, 6) is 0.305. The van der Waals surface area contributed by atoms with Crippen LogP contribution in [-0.2, 0) is 0 Å². The van der Waals surface area contributed by atoms with E-state index in [1.807, 2.05) is 31.2 Å². The van der Waals surface area contributed by atoms with Gasteiger partial charge in [0, 0.05) is 16.5 Å². The average Bonchev–Trinajstić information content (AvgIpc) is 3.10. The SMILES string of the molecule is CCC(=O)c1cnc(N=Cc2sc3ccccc3c2O)s1. The number of ketones is 1. The molecule has 1 N–H and O–H groups in total. The smallest absolute Gasteiger partial charge is 0.209 e. The first kappa shape index (κ1) is 13.9. The summed E-state index contributed by atoms with van der Waals surface area (Å²) < 4.78 is 1.01. The van der Waals surface area contributed by atoms with Gasteiger partial charge in [0.25, 0.3) is 0 Å². The number of aromatic nitrogens is 1. The van der Waals surface area contributed by atoms with Crippen LogP contribution in [0.5, 0.6) is 5.75 Å². The number of carbonyl (C=O) groups excluding carboxylic acids is 1. The van der Waals surface area contributed by atoms with E-state index in [4.69, 9.17) is 0 Å². The van der Waals surface area contributed by atoms with Crippen LogP contribution >= 0.6 is 22.7 Å². The van der Waals surface area contributed by atoms with E-state index < -0.39 is 0 Å². The van der Waals surface area contributed by atoms with Crippen molar-refractivity contribution >= 4 is 49.9 Å². The number of benzene rings is 1. The molecule has 0 spiro atoms. The Labute approximate surface area is 129 Å². The van der Waals surface area contributed by atoms with Gasteiger partial charge in [0.15, 0.2) is 5.78 Å². The number of fused-ring (bicyclic) bond motifs is 1. The van der Waals surface area contributed by atoms with Gasteiger partial charge in [0.05, 0.1) is 22.2 Å². The Morgan fingerprint density at radius 1 is 1.38 bits per heavy atom. The van der Waals surface area contributed by atoms with Gasteiger partial charge in [-0.15, -0.1) is 11.3 Å². The van der Waals surface area contributed by atoms with Gasteiger partial charge in [-0.3, -0.25) is 4.79 Å². The molecule has 3 rings (SSSR count). The van der Waals surface area contributed by atoms with E-state index in [1.165, 1.54) is 22.7 Å². The van der Waals surface area contributed by atoms with Gasteiger partial charge < -0.3 is 5.11 Å². The standard InChI is InChI=1S/C15H12N2O2S2/c1-2-10(18)12-7-16-15(21-12)17-8-13-14(19)9-5-3-4-6-11(9)20-13/h3-8,19H,2H2,1H3. The lowest BCUT2D eigenvalue weighted by Gasteiger charge is -1.89. The first-order valence-electron chi connectivity index (χ1n) is 6.42. The van der Waals surface area contributed by atoms with Gasteiger partial charge in [0.2, 0.25) is 5.13 Å². The fraction of sp³-hybridized carbons (Fsp3) is 0.133. The maximum Gasteiger partial charge on any atom is 0.209 e. The van der Waals surface area contributed by atoms with Crippen LogP contribution in [0, 0.1) is 0 Å². The molecular weight excluding hydrogens is 304 g/mol. The predicted octanol–water partition coefficient (Wildman–Crippen LogP) is 4.41. The fourth-order valence-electron chi connectivity index (χ4n) is 1.88. The van der Waals surface area contributed by atoms with Crippen LogP contribution in [0.25, 0.3) is 10.1 Å². The third-order valence-corrected chi connectivity index (χ3v) is 5.02. The zero-order chi connectivity index (χ0) is 14.8. The number of hydrogen-bond acceptors (Lipinski definition) is 6. The van der Waals surface area contributed by atoms with Gasteiger partial charge in [-0.05, 0) is 12.1 Å². The number of carbonyl (C=O) groups is 1. The second-order valence-electron chi connectivity index (χ2n) is 4.35. The number of thiazole rings is 1. The Morgan fingerprint density at radius 3 is 2.95 bits per heavy atom.